The number of rotatable bonds is 5. The molecule has 102 valence electrons. The molecule has 0 aliphatic rings. The smallest absolute Gasteiger partial charge is 0.310 e. The maximum absolute atomic E-state index is 11.3. The molecule has 5 N–H and O–H groups in total. The third kappa shape index (κ3) is 3.24. The second-order valence-corrected chi connectivity index (χ2v) is 4.44. The van der Waals surface area contributed by atoms with Crippen molar-refractivity contribution in [2.45, 2.75) is 32.8 Å². The Hall–Kier alpha value is -1.53. The molecule has 0 amide bonds. The highest BCUT2D eigenvalue weighted by Gasteiger charge is 2.43. The second-order valence-electron chi connectivity index (χ2n) is 4.44. The molecule has 0 aliphatic heterocycles. The summed E-state index contributed by atoms with van der Waals surface area (Å²) in [5.41, 5.74) is -1.23. The lowest BCUT2D eigenvalue weighted by Crippen LogP contribution is -2.41. The Morgan fingerprint density at radius 3 is 2.50 bits per heavy atom. The topological polar surface area (TPSA) is 118 Å². The highest BCUT2D eigenvalue weighted by atomic mass is 16.4. The molecule has 0 spiro atoms. The summed E-state index contributed by atoms with van der Waals surface area (Å²) < 4.78 is 0. The predicted molar refractivity (Wildman–Crippen MR) is 67.2 cm³/mol. The van der Waals surface area contributed by atoms with Crippen molar-refractivity contribution in [2.24, 2.45) is 11.8 Å². The van der Waals surface area contributed by atoms with Gasteiger partial charge in [0.15, 0.2) is 0 Å². The normalized spacial score (nSPS) is 17.1. The van der Waals surface area contributed by atoms with Crippen molar-refractivity contribution < 1.29 is 15.0 Å². The van der Waals surface area contributed by atoms with E-state index in [0.29, 0.717) is 6.42 Å². The van der Waals surface area contributed by atoms with Crippen molar-refractivity contribution in [3.05, 3.63) is 24.3 Å². The van der Waals surface area contributed by atoms with Crippen LogP contribution in [0.25, 0.3) is 0 Å². The molecule has 0 fully saturated rings. The van der Waals surface area contributed by atoms with E-state index in [-0.39, 0.29) is 17.8 Å². The van der Waals surface area contributed by atoms with Crippen LogP contribution in [0, 0.1) is 11.8 Å². The van der Waals surface area contributed by atoms with E-state index >= 15 is 0 Å². The van der Waals surface area contributed by atoms with E-state index in [4.69, 9.17) is 0 Å². The van der Waals surface area contributed by atoms with Crippen molar-refractivity contribution >= 4 is 5.97 Å². The molecule has 6 nitrogen and oxygen atoms in total. The van der Waals surface area contributed by atoms with Crippen molar-refractivity contribution in [1.82, 2.24) is 16.1 Å². The molecule has 3 atom stereocenters. The van der Waals surface area contributed by atoms with Gasteiger partial charge in [-0.3, -0.25) is 14.8 Å². The molecule has 0 aromatic carbocycles. The lowest BCUT2D eigenvalue weighted by atomic mass is 9.77. The first-order valence-electron chi connectivity index (χ1n) is 5.62. The third-order valence-electron chi connectivity index (χ3n) is 3.17. The standard InChI is InChI=1S/C12H18N2O3.H3N/c1-4-8(2)10(11(15)16)12(3,17)9-7-13-5-6-14-9;/h5-8,10,17H,4H2,1-3H3,(H,15,16);1H3. The minimum Gasteiger partial charge on any atom is -0.481 e. The number of aromatic nitrogens is 2. The number of hydrogen-bond acceptors (Lipinski definition) is 5. The summed E-state index contributed by atoms with van der Waals surface area (Å²) in [5, 5.41) is 19.7. The first-order chi connectivity index (χ1) is 7.91. The van der Waals surface area contributed by atoms with Gasteiger partial charge in [0.05, 0.1) is 17.8 Å². The number of aliphatic hydroxyl groups is 1. The quantitative estimate of drug-likeness (QED) is 0.735. The van der Waals surface area contributed by atoms with Crippen LogP contribution in [0.1, 0.15) is 32.9 Å². The fourth-order valence-electron chi connectivity index (χ4n) is 1.99. The van der Waals surface area contributed by atoms with Gasteiger partial charge in [-0.25, -0.2) is 0 Å². The van der Waals surface area contributed by atoms with Crippen LogP contribution in [0.3, 0.4) is 0 Å². The molecule has 3 unspecified atom stereocenters. The first-order valence-corrected chi connectivity index (χ1v) is 5.62. The Morgan fingerprint density at radius 2 is 2.11 bits per heavy atom. The van der Waals surface area contributed by atoms with Crippen LogP contribution >= 0.6 is 0 Å². The molecule has 0 aliphatic carbocycles. The number of hydrogen-bond donors (Lipinski definition) is 3. The monoisotopic (exact) mass is 255 g/mol. The van der Waals surface area contributed by atoms with Crippen LogP contribution in [0.5, 0.6) is 0 Å². The van der Waals surface area contributed by atoms with Crippen LogP contribution in [0.4, 0.5) is 0 Å². The SMILES string of the molecule is CCC(C)C(C(=O)O)C(C)(O)c1cnccn1.N. The maximum atomic E-state index is 11.3. The predicted octanol–water partition coefficient (Wildman–Crippen LogP) is 1.59. The summed E-state index contributed by atoms with van der Waals surface area (Å²) in [6.45, 7) is 5.18. The molecule has 1 aromatic rings. The number of carboxylic acid groups (broad SMARTS) is 1. The van der Waals surface area contributed by atoms with E-state index in [2.05, 4.69) is 9.97 Å². The van der Waals surface area contributed by atoms with Gasteiger partial charge in [-0.1, -0.05) is 20.3 Å². The van der Waals surface area contributed by atoms with Crippen LogP contribution in [0.15, 0.2) is 18.6 Å². The molecule has 1 rings (SSSR count). The summed E-state index contributed by atoms with van der Waals surface area (Å²) in [5.74, 6) is -2.07. The Bertz CT molecular complexity index is 381. The fourth-order valence-corrected chi connectivity index (χ4v) is 1.99. The summed E-state index contributed by atoms with van der Waals surface area (Å²) in [6.07, 6.45) is 5.00. The van der Waals surface area contributed by atoms with Gasteiger partial charge in [-0.15, -0.1) is 0 Å². The van der Waals surface area contributed by atoms with Gasteiger partial charge < -0.3 is 16.4 Å². The van der Waals surface area contributed by atoms with Gasteiger partial charge in [0.2, 0.25) is 0 Å². The molecule has 0 radical (unpaired) electrons. The van der Waals surface area contributed by atoms with Crippen LogP contribution < -0.4 is 6.15 Å². The average Bonchev–Trinajstić information content (AvgIpc) is 2.29. The highest BCUT2D eigenvalue weighted by molar-refractivity contribution is 5.72. The van der Waals surface area contributed by atoms with E-state index in [0.717, 1.165) is 0 Å². The van der Waals surface area contributed by atoms with E-state index in [1.54, 1.807) is 0 Å². The Morgan fingerprint density at radius 1 is 1.50 bits per heavy atom. The van der Waals surface area contributed by atoms with E-state index in [1.807, 2.05) is 13.8 Å². The molecular formula is C12H21N3O3. The van der Waals surface area contributed by atoms with Gasteiger partial charge in [-0.2, -0.15) is 0 Å². The summed E-state index contributed by atoms with van der Waals surface area (Å²) in [6, 6.07) is 0. The summed E-state index contributed by atoms with van der Waals surface area (Å²) in [4.78, 5) is 19.2. The zero-order chi connectivity index (χ0) is 13.1. The second kappa shape index (κ2) is 6.42. The van der Waals surface area contributed by atoms with Crippen molar-refractivity contribution in [1.29, 1.82) is 0 Å². The Labute approximate surface area is 107 Å². The number of carbonyl (C=O) groups is 1. The largest absolute Gasteiger partial charge is 0.481 e. The first kappa shape index (κ1) is 16.5. The zero-order valence-corrected chi connectivity index (χ0v) is 11.0. The van der Waals surface area contributed by atoms with E-state index in [1.165, 1.54) is 25.5 Å². The average molecular weight is 255 g/mol. The minimum atomic E-state index is -1.52. The molecule has 0 bridgehead atoms. The lowest BCUT2D eigenvalue weighted by Gasteiger charge is -2.32. The minimum absolute atomic E-state index is 0. The van der Waals surface area contributed by atoms with Gasteiger partial charge >= 0.3 is 5.97 Å². The fraction of sp³-hybridized carbons (Fsp3) is 0.583. The van der Waals surface area contributed by atoms with Crippen LogP contribution in [0.2, 0.25) is 0 Å². The number of carboxylic acids is 1. The van der Waals surface area contributed by atoms with Gasteiger partial charge in [0, 0.05) is 12.4 Å². The Kier molecular flexibility index (Phi) is 5.87. The maximum Gasteiger partial charge on any atom is 0.310 e. The molecule has 0 saturated heterocycles. The highest BCUT2D eigenvalue weighted by Crippen LogP contribution is 2.34. The molecule has 0 saturated carbocycles. The van der Waals surface area contributed by atoms with Gasteiger partial charge in [-0.05, 0) is 12.8 Å². The molecule has 1 aromatic heterocycles. The van der Waals surface area contributed by atoms with Gasteiger partial charge in [0.25, 0.3) is 0 Å². The van der Waals surface area contributed by atoms with Crippen LogP contribution in [-0.4, -0.2) is 26.2 Å². The number of aliphatic carboxylic acids is 1. The summed E-state index contributed by atoms with van der Waals surface area (Å²) >= 11 is 0. The molecule has 1 heterocycles. The van der Waals surface area contributed by atoms with Crippen LogP contribution in [-0.2, 0) is 10.4 Å². The van der Waals surface area contributed by atoms with Crippen molar-refractivity contribution in [3.63, 3.8) is 0 Å². The lowest BCUT2D eigenvalue weighted by molar-refractivity contribution is -0.156. The van der Waals surface area contributed by atoms with E-state index < -0.39 is 17.5 Å². The van der Waals surface area contributed by atoms with E-state index in [9.17, 15) is 15.0 Å². The number of nitrogens with zero attached hydrogens (tertiary/aromatic N) is 2. The molecule has 6 heteroatoms. The Balaban J connectivity index is 0.00000289. The van der Waals surface area contributed by atoms with Crippen molar-refractivity contribution in [2.75, 3.05) is 0 Å². The molecular weight excluding hydrogens is 234 g/mol. The zero-order valence-electron chi connectivity index (χ0n) is 11.0. The third-order valence-corrected chi connectivity index (χ3v) is 3.17. The molecule has 18 heavy (non-hydrogen) atoms. The van der Waals surface area contributed by atoms with Gasteiger partial charge in [0.1, 0.15) is 5.60 Å². The van der Waals surface area contributed by atoms with Crippen molar-refractivity contribution in [3.8, 4) is 0 Å². The summed E-state index contributed by atoms with van der Waals surface area (Å²) in [7, 11) is 0.